The van der Waals surface area contributed by atoms with Gasteiger partial charge in [0, 0.05) is 35.4 Å². The van der Waals surface area contributed by atoms with Gasteiger partial charge < -0.3 is 10.4 Å². The van der Waals surface area contributed by atoms with Crippen molar-refractivity contribution in [1.82, 2.24) is 5.32 Å². The summed E-state index contributed by atoms with van der Waals surface area (Å²) in [5.41, 5.74) is 0. The molecule has 0 aromatic carbocycles. The van der Waals surface area contributed by atoms with E-state index in [0.717, 1.165) is 12.2 Å². The number of nitrogens with one attached hydrogen (secondary N) is 1. The first-order valence-corrected chi connectivity index (χ1v) is 5.53. The summed E-state index contributed by atoms with van der Waals surface area (Å²) in [5, 5.41) is 11.6. The molecule has 2 N–H and O–H groups in total. The molecule has 0 aliphatic carbocycles. The highest BCUT2D eigenvalue weighted by atomic mass is 32.2. The smallest absolute Gasteiger partial charge is 0.0556 e. The van der Waals surface area contributed by atoms with Crippen LogP contribution in [0.4, 0.5) is 0 Å². The third kappa shape index (κ3) is 7.97. The number of aliphatic hydroxyl groups excluding tert-OH is 1. The molecule has 0 saturated carbocycles. The maximum atomic E-state index is 10.7. The van der Waals surface area contributed by atoms with Crippen molar-refractivity contribution in [3.05, 3.63) is 0 Å². The molecule has 0 saturated heterocycles. The molecule has 0 aromatic heterocycles. The third-order valence-electron chi connectivity index (χ3n) is 1.44. The zero-order chi connectivity index (χ0) is 8.69. The van der Waals surface area contributed by atoms with E-state index in [4.69, 9.17) is 5.11 Å². The molecule has 0 spiro atoms. The molecule has 0 bridgehead atoms. The molecular weight excluding hydrogens is 162 g/mol. The van der Waals surface area contributed by atoms with E-state index in [0.29, 0.717) is 12.6 Å². The van der Waals surface area contributed by atoms with Gasteiger partial charge in [-0.15, -0.1) is 0 Å². The van der Waals surface area contributed by atoms with Crippen molar-refractivity contribution in [3.63, 3.8) is 0 Å². The molecule has 2 atom stereocenters. The molecule has 0 aromatic rings. The lowest BCUT2D eigenvalue weighted by Gasteiger charge is -2.10. The Bertz CT molecular complexity index is 119. The quantitative estimate of drug-likeness (QED) is 0.590. The Labute approximate surface area is 70.6 Å². The van der Waals surface area contributed by atoms with E-state index in [1.807, 2.05) is 6.92 Å². The highest BCUT2D eigenvalue weighted by molar-refractivity contribution is 7.84. The first-order chi connectivity index (χ1) is 5.16. The first kappa shape index (κ1) is 11.1. The van der Waals surface area contributed by atoms with Gasteiger partial charge in [-0.05, 0) is 13.3 Å². The normalized spacial score (nSPS) is 16.3. The molecule has 0 fully saturated rings. The number of rotatable bonds is 6. The zero-order valence-corrected chi connectivity index (χ0v) is 7.99. The summed E-state index contributed by atoms with van der Waals surface area (Å²) in [6.07, 6.45) is 2.61. The largest absolute Gasteiger partial charge is 0.395 e. The minimum absolute atomic E-state index is 0.166. The highest BCUT2D eigenvalue weighted by Gasteiger charge is 2.00. The fraction of sp³-hybridized carbons (Fsp3) is 1.00. The Morgan fingerprint density at radius 1 is 1.64 bits per heavy atom. The van der Waals surface area contributed by atoms with Gasteiger partial charge in [0.25, 0.3) is 0 Å². The van der Waals surface area contributed by atoms with Crippen LogP contribution in [-0.4, -0.2) is 40.5 Å². The topological polar surface area (TPSA) is 49.3 Å². The fourth-order valence-electron chi connectivity index (χ4n) is 0.756. The standard InChI is InChI=1S/C7H17NO2S/c1-7(8-4-5-9)3-6-11(2)10/h7-9H,3-6H2,1-2H3. The molecule has 68 valence electrons. The minimum Gasteiger partial charge on any atom is -0.395 e. The minimum atomic E-state index is -0.694. The van der Waals surface area contributed by atoms with Crippen molar-refractivity contribution in [2.45, 2.75) is 19.4 Å². The number of hydrogen-bond donors (Lipinski definition) is 2. The third-order valence-corrected chi connectivity index (χ3v) is 2.25. The maximum Gasteiger partial charge on any atom is 0.0556 e. The van der Waals surface area contributed by atoms with Crippen LogP contribution in [0, 0.1) is 0 Å². The van der Waals surface area contributed by atoms with Crippen LogP contribution < -0.4 is 5.32 Å². The Morgan fingerprint density at radius 2 is 2.27 bits per heavy atom. The first-order valence-electron chi connectivity index (χ1n) is 3.81. The molecule has 3 nitrogen and oxygen atoms in total. The number of aliphatic hydroxyl groups is 1. The van der Waals surface area contributed by atoms with Crippen LogP contribution in [0.1, 0.15) is 13.3 Å². The van der Waals surface area contributed by atoms with Gasteiger partial charge in [-0.3, -0.25) is 4.21 Å². The lowest BCUT2D eigenvalue weighted by atomic mass is 10.2. The monoisotopic (exact) mass is 179 g/mol. The second-order valence-corrected chi connectivity index (χ2v) is 4.20. The molecule has 11 heavy (non-hydrogen) atoms. The van der Waals surface area contributed by atoms with E-state index >= 15 is 0 Å². The van der Waals surface area contributed by atoms with Crippen molar-refractivity contribution in [2.75, 3.05) is 25.2 Å². The molecule has 4 heteroatoms. The van der Waals surface area contributed by atoms with E-state index in [-0.39, 0.29) is 6.61 Å². The summed E-state index contributed by atoms with van der Waals surface area (Å²) in [4.78, 5) is 0. The van der Waals surface area contributed by atoms with E-state index < -0.39 is 10.8 Å². The Balaban J connectivity index is 3.22. The van der Waals surface area contributed by atoms with Gasteiger partial charge in [0.15, 0.2) is 0 Å². The van der Waals surface area contributed by atoms with Gasteiger partial charge in [-0.2, -0.15) is 0 Å². The summed E-state index contributed by atoms with van der Waals surface area (Å²) in [6.45, 7) is 2.82. The van der Waals surface area contributed by atoms with Crippen molar-refractivity contribution in [2.24, 2.45) is 0 Å². The molecule has 0 aliphatic heterocycles. The summed E-state index contributed by atoms with van der Waals surface area (Å²) < 4.78 is 10.7. The average molecular weight is 179 g/mol. The van der Waals surface area contributed by atoms with Crippen LogP contribution >= 0.6 is 0 Å². The van der Waals surface area contributed by atoms with Crippen LogP contribution in [0.25, 0.3) is 0 Å². The predicted molar refractivity (Wildman–Crippen MR) is 48.1 cm³/mol. The van der Waals surface area contributed by atoms with Gasteiger partial charge in [0.2, 0.25) is 0 Å². The molecule has 0 aliphatic rings. The summed E-state index contributed by atoms with van der Waals surface area (Å²) in [5.74, 6) is 0.736. The molecule has 0 radical (unpaired) electrons. The lowest BCUT2D eigenvalue weighted by Crippen LogP contribution is -2.29. The summed E-state index contributed by atoms with van der Waals surface area (Å²) in [6, 6.07) is 0.353. The van der Waals surface area contributed by atoms with Crippen LogP contribution in [-0.2, 0) is 10.8 Å². The zero-order valence-electron chi connectivity index (χ0n) is 7.17. The van der Waals surface area contributed by atoms with Crippen molar-refractivity contribution in [3.8, 4) is 0 Å². The second-order valence-electron chi connectivity index (χ2n) is 2.64. The van der Waals surface area contributed by atoms with Gasteiger partial charge >= 0.3 is 0 Å². The molecule has 2 unspecified atom stereocenters. The van der Waals surface area contributed by atoms with Crippen molar-refractivity contribution >= 4 is 10.8 Å². The highest BCUT2D eigenvalue weighted by Crippen LogP contribution is 1.91. The number of hydrogen-bond acceptors (Lipinski definition) is 3. The molecule has 0 rings (SSSR count). The van der Waals surface area contributed by atoms with Crippen LogP contribution in [0.15, 0.2) is 0 Å². The molecule has 0 heterocycles. The lowest BCUT2D eigenvalue weighted by molar-refractivity contribution is 0.285. The van der Waals surface area contributed by atoms with Crippen molar-refractivity contribution < 1.29 is 9.32 Å². The van der Waals surface area contributed by atoms with Crippen LogP contribution in [0.5, 0.6) is 0 Å². The molecule has 0 amide bonds. The summed E-state index contributed by atoms with van der Waals surface area (Å²) >= 11 is 0. The second kappa shape index (κ2) is 6.76. The van der Waals surface area contributed by atoms with Gasteiger partial charge in [-0.1, -0.05) is 0 Å². The predicted octanol–water partition coefficient (Wildman–Crippen LogP) is -0.275. The van der Waals surface area contributed by atoms with Crippen LogP contribution in [0.2, 0.25) is 0 Å². The fourth-order valence-corrected chi connectivity index (χ4v) is 1.44. The Kier molecular flexibility index (Phi) is 6.80. The van der Waals surface area contributed by atoms with E-state index in [9.17, 15) is 4.21 Å². The maximum absolute atomic E-state index is 10.7. The van der Waals surface area contributed by atoms with Gasteiger partial charge in [-0.25, -0.2) is 0 Å². The van der Waals surface area contributed by atoms with Crippen molar-refractivity contribution in [1.29, 1.82) is 0 Å². The Morgan fingerprint density at radius 3 is 2.73 bits per heavy atom. The van der Waals surface area contributed by atoms with Crippen LogP contribution in [0.3, 0.4) is 0 Å². The van der Waals surface area contributed by atoms with E-state index in [1.165, 1.54) is 0 Å². The Hall–Kier alpha value is 0.0700. The average Bonchev–Trinajstić information content (AvgIpc) is 1.97. The van der Waals surface area contributed by atoms with Gasteiger partial charge in [0.1, 0.15) is 0 Å². The summed E-state index contributed by atoms with van der Waals surface area (Å²) in [7, 11) is -0.694. The molecular formula is C7H17NO2S. The van der Waals surface area contributed by atoms with E-state index in [1.54, 1.807) is 6.26 Å². The SMILES string of the molecule is CC(CCS(C)=O)NCCO. The van der Waals surface area contributed by atoms with Gasteiger partial charge in [0.05, 0.1) is 6.61 Å². The van der Waals surface area contributed by atoms with E-state index in [2.05, 4.69) is 5.32 Å².